The number of amides is 1. The van der Waals surface area contributed by atoms with Crippen molar-refractivity contribution in [1.29, 1.82) is 0 Å². The third-order valence-corrected chi connectivity index (χ3v) is 4.93. The van der Waals surface area contributed by atoms with Crippen LogP contribution in [-0.4, -0.2) is 23.0 Å². The highest BCUT2D eigenvalue weighted by Gasteiger charge is 2.19. The molecule has 0 fully saturated rings. The van der Waals surface area contributed by atoms with Crippen LogP contribution in [0.1, 0.15) is 11.1 Å². The summed E-state index contributed by atoms with van der Waals surface area (Å²) in [6, 6.07) is 26.1. The molecule has 0 aliphatic carbocycles. The zero-order valence-electron chi connectivity index (χ0n) is 16.1. The van der Waals surface area contributed by atoms with Crippen molar-refractivity contribution < 1.29 is 14.7 Å². The van der Waals surface area contributed by atoms with E-state index in [1.165, 1.54) is 0 Å². The van der Waals surface area contributed by atoms with E-state index in [4.69, 9.17) is 0 Å². The molecule has 0 bridgehead atoms. The van der Waals surface area contributed by atoms with Gasteiger partial charge in [0, 0.05) is 17.9 Å². The van der Waals surface area contributed by atoms with Crippen molar-refractivity contribution in [2.24, 2.45) is 0 Å². The smallest absolute Gasteiger partial charge is 0.326 e. The number of hydrogen-bond donors (Lipinski definition) is 2. The molecular formula is C26H19NO3. The van der Waals surface area contributed by atoms with E-state index in [0.717, 1.165) is 27.1 Å². The second-order valence-electron chi connectivity index (χ2n) is 7.06. The fourth-order valence-corrected chi connectivity index (χ4v) is 3.39. The Morgan fingerprint density at radius 1 is 0.800 bits per heavy atom. The zero-order valence-corrected chi connectivity index (χ0v) is 16.1. The van der Waals surface area contributed by atoms with Crippen LogP contribution >= 0.6 is 0 Å². The van der Waals surface area contributed by atoms with E-state index in [1.54, 1.807) is 0 Å². The van der Waals surface area contributed by atoms with Gasteiger partial charge in [-0.1, -0.05) is 78.7 Å². The van der Waals surface area contributed by atoms with Gasteiger partial charge in [0.05, 0.1) is 0 Å². The topological polar surface area (TPSA) is 66.4 Å². The minimum absolute atomic E-state index is 0.184. The molecule has 4 aromatic carbocycles. The van der Waals surface area contributed by atoms with Gasteiger partial charge in [0.2, 0.25) is 0 Å². The average molecular weight is 393 g/mol. The van der Waals surface area contributed by atoms with Gasteiger partial charge in [0.25, 0.3) is 5.91 Å². The number of fused-ring (bicyclic) bond motifs is 2. The predicted molar refractivity (Wildman–Crippen MR) is 118 cm³/mol. The van der Waals surface area contributed by atoms with Crippen LogP contribution in [0.5, 0.6) is 0 Å². The van der Waals surface area contributed by atoms with Crippen LogP contribution in [0.3, 0.4) is 0 Å². The van der Waals surface area contributed by atoms with Crippen molar-refractivity contribution in [3.63, 3.8) is 0 Å². The molecule has 2 N–H and O–H groups in total. The van der Waals surface area contributed by atoms with Crippen molar-refractivity contribution in [3.8, 4) is 11.8 Å². The van der Waals surface area contributed by atoms with Gasteiger partial charge < -0.3 is 10.4 Å². The Morgan fingerprint density at radius 3 is 2.07 bits per heavy atom. The highest BCUT2D eigenvalue weighted by Crippen LogP contribution is 2.17. The van der Waals surface area contributed by atoms with E-state index in [2.05, 4.69) is 17.2 Å². The summed E-state index contributed by atoms with van der Waals surface area (Å²) >= 11 is 0. The van der Waals surface area contributed by atoms with Crippen LogP contribution in [0, 0.1) is 11.8 Å². The molecule has 4 aromatic rings. The number of carbonyl (C=O) groups excluding carboxylic acids is 1. The number of benzene rings is 4. The fraction of sp³-hybridized carbons (Fsp3) is 0.0769. The summed E-state index contributed by atoms with van der Waals surface area (Å²) in [4.78, 5) is 23.9. The number of carboxylic acid groups (broad SMARTS) is 1. The Labute approximate surface area is 174 Å². The summed E-state index contributed by atoms with van der Waals surface area (Å²) < 4.78 is 0. The maximum absolute atomic E-state index is 12.2. The van der Waals surface area contributed by atoms with Gasteiger partial charge in [0.1, 0.15) is 6.04 Å². The zero-order chi connectivity index (χ0) is 20.9. The van der Waals surface area contributed by atoms with Crippen LogP contribution in [0.15, 0.2) is 84.9 Å². The molecular weight excluding hydrogens is 374 g/mol. The average Bonchev–Trinajstić information content (AvgIpc) is 2.77. The van der Waals surface area contributed by atoms with Gasteiger partial charge in [0.15, 0.2) is 0 Å². The van der Waals surface area contributed by atoms with E-state index in [-0.39, 0.29) is 6.42 Å². The molecule has 0 radical (unpaired) electrons. The largest absolute Gasteiger partial charge is 0.480 e. The van der Waals surface area contributed by atoms with Crippen LogP contribution < -0.4 is 5.32 Å². The number of rotatable bonds is 4. The van der Waals surface area contributed by atoms with E-state index < -0.39 is 17.9 Å². The monoisotopic (exact) mass is 393 g/mol. The maximum atomic E-state index is 12.2. The molecule has 0 heterocycles. The Hall–Kier alpha value is -4.10. The first kappa shape index (κ1) is 19.2. The molecule has 1 amide bonds. The van der Waals surface area contributed by atoms with Gasteiger partial charge in [-0.15, -0.1) is 0 Å². The second kappa shape index (κ2) is 8.50. The molecule has 1 atom stereocenters. The van der Waals surface area contributed by atoms with E-state index >= 15 is 0 Å². The van der Waals surface area contributed by atoms with Crippen LogP contribution in [0.25, 0.3) is 21.5 Å². The Morgan fingerprint density at radius 2 is 1.40 bits per heavy atom. The van der Waals surface area contributed by atoms with Crippen LogP contribution in [0.2, 0.25) is 0 Å². The van der Waals surface area contributed by atoms with Gasteiger partial charge in [-0.25, -0.2) is 4.79 Å². The van der Waals surface area contributed by atoms with E-state index in [1.807, 2.05) is 84.9 Å². The molecule has 4 rings (SSSR count). The molecule has 0 spiro atoms. The molecule has 0 saturated carbocycles. The molecule has 0 aliphatic rings. The van der Waals surface area contributed by atoms with Gasteiger partial charge in [-0.3, -0.25) is 4.79 Å². The molecule has 4 heteroatoms. The molecule has 0 aromatic heterocycles. The molecule has 0 saturated heterocycles. The molecule has 0 aliphatic heterocycles. The lowest BCUT2D eigenvalue weighted by atomic mass is 10.0. The predicted octanol–water partition coefficient (Wildman–Crippen LogP) is 4.16. The maximum Gasteiger partial charge on any atom is 0.326 e. The van der Waals surface area contributed by atoms with Crippen molar-refractivity contribution in [2.75, 3.05) is 0 Å². The molecule has 30 heavy (non-hydrogen) atoms. The summed E-state index contributed by atoms with van der Waals surface area (Å²) in [7, 11) is 0. The first-order valence-corrected chi connectivity index (χ1v) is 9.60. The minimum Gasteiger partial charge on any atom is -0.480 e. The van der Waals surface area contributed by atoms with Crippen molar-refractivity contribution in [1.82, 2.24) is 5.32 Å². The van der Waals surface area contributed by atoms with Crippen molar-refractivity contribution in [3.05, 3.63) is 96.1 Å². The number of hydrogen-bond acceptors (Lipinski definition) is 2. The quantitative estimate of drug-likeness (QED) is 0.512. The number of nitrogens with one attached hydrogen (secondary N) is 1. The fourth-order valence-electron chi connectivity index (χ4n) is 3.39. The van der Waals surface area contributed by atoms with E-state index in [0.29, 0.717) is 5.56 Å². The van der Waals surface area contributed by atoms with Crippen molar-refractivity contribution in [2.45, 2.75) is 12.5 Å². The second-order valence-corrected chi connectivity index (χ2v) is 7.06. The lowest BCUT2D eigenvalue weighted by Gasteiger charge is -2.13. The van der Waals surface area contributed by atoms with Gasteiger partial charge in [-0.05, 0) is 39.2 Å². The lowest BCUT2D eigenvalue weighted by Crippen LogP contribution is -2.41. The summed E-state index contributed by atoms with van der Waals surface area (Å²) in [5, 5.41) is 16.3. The van der Waals surface area contributed by atoms with Crippen molar-refractivity contribution >= 4 is 33.4 Å². The normalized spacial score (nSPS) is 11.5. The minimum atomic E-state index is -1.09. The third kappa shape index (κ3) is 4.48. The highest BCUT2D eigenvalue weighted by atomic mass is 16.4. The van der Waals surface area contributed by atoms with Gasteiger partial charge >= 0.3 is 5.97 Å². The summed E-state index contributed by atoms with van der Waals surface area (Å²) in [5.41, 5.74) is 1.54. The standard InChI is InChI=1S/C26H19NO3/c28-25(14-11-18-9-12-20-5-1-3-7-22(20)15-18)27-24(26(29)30)17-19-10-13-21-6-2-4-8-23(21)16-19/h1-10,12-13,15-16,24H,17H2,(H,27,28)(H,29,30). The summed E-state index contributed by atoms with van der Waals surface area (Å²) in [5.74, 6) is 3.61. The Balaban J connectivity index is 1.47. The SMILES string of the molecule is O=C(C#Cc1ccc2ccccc2c1)NC(Cc1ccc2ccccc2c1)C(=O)O. The van der Waals surface area contributed by atoms with Crippen LogP contribution in [-0.2, 0) is 16.0 Å². The molecule has 1 unspecified atom stereocenters. The van der Waals surface area contributed by atoms with Gasteiger partial charge in [-0.2, -0.15) is 0 Å². The number of aliphatic carboxylic acids is 1. The first-order chi connectivity index (χ1) is 14.6. The number of carboxylic acids is 1. The van der Waals surface area contributed by atoms with Crippen LogP contribution in [0.4, 0.5) is 0 Å². The summed E-state index contributed by atoms with van der Waals surface area (Å²) in [6.45, 7) is 0. The first-order valence-electron chi connectivity index (χ1n) is 9.60. The Bertz CT molecular complexity index is 1310. The third-order valence-electron chi connectivity index (χ3n) is 4.93. The molecule has 146 valence electrons. The lowest BCUT2D eigenvalue weighted by molar-refractivity contribution is -0.141. The van der Waals surface area contributed by atoms with E-state index in [9.17, 15) is 14.7 Å². The molecule has 4 nitrogen and oxygen atoms in total. The Kier molecular flexibility index (Phi) is 5.45. The summed E-state index contributed by atoms with van der Waals surface area (Å²) in [6.07, 6.45) is 0.184. The highest BCUT2D eigenvalue weighted by molar-refractivity contribution is 5.97. The number of carbonyl (C=O) groups is 2.